The number of amides is 1. The van der Waals surface area contributed by atoms with Gasteiger partial charge in [0.2, 0.25) is 0 Å². The van der Waals surface area contributed by atoms with E-state index in [0.29, 0.717) is 18.5 Å². The van der Waals surface area contributed by atoms with Crippen LogP contribution in [0.2, 0.25) is 5.15 Å². The minimum absolute atomic E-state index is 0.0321. The molecular weight excluding hydrogens is 410 g/mol. The third-order valence-corrected chi connectivity index (χ3v) is 5.36. The summed E-state index contributed by atoms with van der Waals surface area (Å²) in [5.41, 5.74) is 5.62. The molecule has 31 heavy (non-hydrogen) atoms. The van der Waals surface area contributed by atoms with Crippen LogP contribution in [-0.2, 0) is 4.74 Å². The van der Waals surface area contributed by atoms with Crippen LogP contribution in [0, 0.1) is 23.2 Å². The number of carbonyl (C=O) groups is 1. The second-order valence-electron chi connectivity index (χ2n) is 6.98. The Morgan fingerprint density at radius 1 is 1.13 bits per heavy atom. The average molecular weight is 428 g/mol. The zero-order chi connectivity index (χ0) is 21.6. The fourth-order valence-electron chi connectivity index (χ4n) is 3.64. The van der Waals surface area contributed by atoms with Gasteiger partial charge in [0.1, 0.15) is 17.8 Å². The topological polar surface area (TPSA) is 75.0 Å². The molecule has 0 saturated heterocycles. The molecular formula is C25H18ClN3O2. The summed E-state index contributed by atoms with van der Waals surface area (Å²) in [6, 6.07) is 20.0. The molecule has 1 aliphatic rings. The highest BCUT2D eigenvalue weighted by atomic mass is 35.5. The summed E-state index contributed by atoms with van der Waals surface area (Å²) in [7, 11) is 0. The van der Waals surface area contributed by atoms with Gasteiger partial charge in [-0.3, -0.25) is 0 Å². The lowest BCUT2D eigenvalue weighted by molar-refractivity contribution is 0.143. The van der Waals surface area contributed by atoms with Crippen molar-refractivity contribution in [3.8, 4) is 29.0 Å². The number of hydrogen-bond acceptors (Lipinski definition) is 4. The summed E-state index contributed by atoms with van der Waals surface area (Å²) in [5.74, 6) is 5.88. The van der Waals surface area contributed by atoms with Gasteiger partial charge < -0.3 is 10.1 Å². The van der Waals surface area contributed by atoms with E-state index < -0.39 is 6.09 Å². The van der Waals surface area contributed by atoms with E-state index in [1.165, 1.54) is 28.5 Å². The molecule has 1 aliphatic carbocycles. The number of rotatable bonds is 4. The van der Waals surface area contributed by atoms with Crippen LogP contribution >= 0.6 is 11.6 Å². The van der Waals surface area contributed by atoms with Crippen molar-refractivity contribution in [3.05, 3.63) is 88.2 Å². The third-order valence-electron chi connectivity index (χ3n) is 5.06. The van der Waals surface area contributed by atoms with E-state index >= 15 is 0 Å². The van der Waals surface area contributed by atoms with Crippen molar-refractivity contribution in [2.75, 3.05) is 13.2 Å². The standard InChI is InChI=1S/C25H18ClN3O2/c26-24-18(14-27)13-17(15-29-24)7-5-6-12-28-25(30)31-16-23-21-10-3-1-8-19(21)20-9-2-4-11-22(20)23/h1-4,8-11,13,15,23H,6,12,16H2,(H,28,30). The van der Waals surface area contributed by atoms with Crippen LogP contribution in [0.5, 0.6) is 0 Å². The summed E-state index contributed by atoms with van der Waals surface area (Å²) < 4.78 is 5.49. The number of nitrogens with zero attached hydrogens (tertiary/aromatic N) is 2. The smallest absolute Gasteiger partial charge is 0.407 e. The van der Waals surface area contributed by atoms with Crippen LogP contribution < -0.4 is 5.32 Å². The second kappa shape index (κ2) is 9.34. The molecule has 4 rings (SSSR count). The van der Waals surface area contributed by atoms with E-state index in [-0.39, 0.29) is 23.2 Å². The number of carbonyl (C=O) groups excluding carboxylic acids is 1. The Hall–Kier alpha value is -3.80. The summed E-state index contributed by atoms with van der Waals surface area (Å²) in [5, 5.41) is 11.8. The van der Waals surface area contributed by atoms with Crippen molar-refractivity contribution in [2.24, 2.45) is 0 Å². The molecule has 0 fully saturated rings. The largest absolute Gasteiger partial charge is 0.449 e. The van der Waals surface area contributed by atoms with Crippen molar-refractivity contribution in [2.45, 2.75) is 12.3 Å². The molecule has 152 valence electrons. The molecule has 1 N–H and O–H groups in total. The van der Waals surface area contributed by atoms with Gasteiger partial charge in [-0.2, -0.15) is 5.26 Å². The van der Waals surface area contributed by atoms with Gasteiger partial charge in [0.15, 0.2) is 0 Å². The van der Waals surface area contributed by atoms with Gasteiger partial charge in [0, 0.05) is 30.6 Å². The van der Waals surface area contributed by atoms with Crippen molar-refractivity contribution < 1.29 is 9.53 Å². The summed E-state index contributed by atoms with van der Waals surface area (Å²) in [4.78, 5) is 16.1. The SMILES string of the molecule is N#Cc1cc(C#CCCNC(=O)OCC2c3ccccc3-c3ccccc32)cnc1Cl. The molecule has 0 saturated carbocycles. The number of aromatic nitrogens is 1. The van der Waals surface area contributed by atoms with Gasteiger partial charge in [-0.05, 0) is 28.3 Å². The first-order valence-electron chi connectivity index (χ1n) is 9.80. The number of alkyl carbamates (subject to hydrolysis) is 1. The normalized spacial score (nSPS) is 11.5. The number of benzene rings is 2. The number of ether oxygens (including phenoxy) is 1. The monoisotopic (exact) mass is 427 g/mol. The van der Waals surface area contributed by atoms with Gasteiger partial charge in [-0.15, -0.1) is 0 Å². The summed E-state index contributed by atoms with van der Waals surface area (Å²) >= 11 is 5.80. The van der Waals surface area contributed by atoms with Crippen LogP contribution in [0.25, 0.3) is 11.1 Å². The van der Waals surface area contributed by atoms with Gasteiger partial charge >= 0.3 is 6.09 Å². The zero-order valence-electron chi connectivity index (χ0n) is 16.6. The van der Waals surface area contributed by atoms with Crippen molar-refractivity contribution in [1.29, 1.82) is 5.26 Å². The van der Waals surface area contributed by atoms with Gasteiger partial charge in [-0.25, -0.2) is 9.78 Å². The lowest BCUT2D eigenvalue weighted by Crippen LogP contribution is -2.26. The maximum atomic E-state index is 12.1. The fraction of sp³-hybridized carbons (Fsp3) is 0.160. The number of fused-ring (bicyclic) bond motifs is 3. The lowest BCUT2D eigenvalue weighted by Gasteiger charge is -2.14. The third kappa shape index (κ3) is 4.53. The van der Waals surface area contributed by atoms with E-state index in [4.69, 9.17) is 21.6 Å². The van der Waals surface area contributed by atoms with E-state index in [1.807, 2.05) is 30.3 Å². The maximum absolute atomic E-state index is 12.1. The van der Waals surface area contributed by atoms with Crippen LogP contribution in [-0.4, -0.2) is 24.2 Å². The van der Waals surface area contributed by atoms with E-state index in [0.717, 1.165) is 0 Å². The Balaban J connectivity index is 1.29. The first-order chi connectivity index (χ1) is 15.2. The minimum atomic E-state index is -0.469. The number of nitriles is 1. The predicted octanol–water partition coefficient (Wildman–Crippen LogP) is 4.89. The molecule has 3 aromatic rings. The van der Waals surface area contributed by atoms with Crippen LogP contribution in [0.1, 0.15) is 34.6 Å². The van der Waals surface area contributed by atoms with Crippen LogP contribution in [0.4, 0.5) is 4.79 Å². The first-order valence-corrected chi connectivity index (χ1v) is 10.2. The molecule has 1 aromatic heterocycles. The highest BCUT2D eigenvalue weighted by molar-refractivity contribution is 6.30. The van der Waals surface area contributed by atoms with Crippen LogP contribution in [0.15, 0.2) is 60.8 Å². The van der Waals surface area contributed by atoms with E-state index in [1.54, 1.807) is 6.07 Å². The Bertz CT molecular complexity index is 1190. The molecule has 1 heterocycles. The molecule has 0 bridgehead atoms. The van der Waals surface area contributed by atoms with Crippen molar-refractivity contribution >= 4 is 17.7 Å². The number of pyridine rings is 1. The maximum Gasteiger partial charge on any atom is 0.407 e. The molecule has 0 atom stereocenters. The minimum Gasteiger partial charge on any atom is -0.449 e. The molecule has 5 nitrogen and oxygen atoms in total. The summed E-state index contributed by atoms with van der Waals surface area (Å²) in [6.07, 6.45) is 1.48. The van der Waals surface area contributed by atoms with Crippen molar-refractivity contribution in [1.82, 2.24) is 10.3 Å². The number of halogens is 1. The van der Waals surface area contributed by atoms with Crippen LogP contribution in [0.3, 0.4) is 0 Å². The summed E-state index contributed by atoms with van der Waals surface area (Å²) in [6.45, 7) is 0.634. The first kappa shape index (κ1) is 20.5. The molecule has 2 aromatic carbocycles. The molecule has 0 spiro atoms. The van der Waals surface area contributed by atoms with Crippen molar-refractivity contribution in [3.63, 3.8) is 0 Å². The van der Waals surface area contributed by atoms with E-state index in [2.05, 4.69) is 46.4 Å². The predicted molar refractivity (Wildman–Crippen MR) is 119 cm³/mol. The molecule has 0 radical (unpaired) electrons. The Morgan fingerprint density at radius 2 is 1.81 bits per heavy atom. The Labute approximate surface area is 185 Å². The number of hydrogen-bond donors (Lipinski definition) is 1. The van der Waals surface area contributed by atoms with Gasteiger partial charge in [0.05, 0.1) is 5.56 Å². The van der Waals surface area contributed by atoms with E-state index in [9.17, 15) is 4.79 Å². The average Bonchev–Trinajstić information content (AvgIpc) is 3.12. The molecule has 6 heteroatoms. The fourth-order valence-corrected chi connectivity index (χ4v) is 3.78. The number of nitrogens with one attached hydrogen (secondary N) is 1. The molecule has 0 aliphatic heterocycles. The quantitative estimate of drug-likeness (QED) is 0.365. The molecule has 1 amide bonds. The lowest BCUT2D eigenvalue weighted by atomic mass is 9.98. The highest BCUT2D eigenvalue weighted by Gasteiger charge is 2.28. The highest BCUT2D eigenvalue weighted by Crippen LogP contribution is 2.44. The second-order valence-corrected chi connectivity index (χ2v) is 7.34. The Morgan fingerprint density at radius 3 is 2.48 bits per heavy atom. The molecule has 0 unspecified atom stereocenters. The van der Waals surface area contributed by atoms with Gasteiger partial charge in [-0.1, -0.05) is 72.0 Å². The Kier molecular flexibility index (Phi) is 6.17. The zero-order valence-corrected chi connectivity index (χ0v) is 17.3. The van der Waals surface area contributed by atoms with Gasteiger partial charge in [0.25, 0.3) is 0 Å².